The second kappa shape index (κ2) is 7.69. The molecular weight excluding hydrogens is 374 g/mol. The fourth-order valence-corrected chi connectivity index (χ4v) is 3.99. The van der Waals surface area contributed by atoms with Crippen LogP contribution in [0.15, 0.2) is 64.8 Å². The molecule has 1 aromatic rings. The van der Waals surface area contributed by atoms with Crippen LogP contribution in [0.5, 0.6) is 0 Å². The lowest BCUT2D eigenvalue weighted by Gasteiger charge is -2.42. The number of allylic oxidation sites excluding steroid dienone is 3. The molecule has 158 valence electrons. The van der Waals surface area contributed by atoms with Gasteiger partial charge < -0.3 is 16.5 Å². The van der Waals surface area contributed by atoms with Gasteiger partial charge in [0.2, 0.25) is 5.91 Å². The number of carbonyl (C=O) groups is 1. The van der Waals surface area contributed by atoms with Crippen molar-refractivity contribution in [3.8, 4) is 0 Å². The van der Waals surface area contributed by atoms with Gasteiger partial charge >= 0.3 is 0 Å². The average Bonchev–Trinajstić information content (AvgIpc) is 2.67. The minimum atomic E-state index is -0.902. The topological polar surface area (TPSA) is 99.2 Å². The van der Waals surface area contributed by atoms with Crippen molar-refractivity contribution in [1.82, 2.24) is 4.90 Å². The number of hydrogen-bond acceptors (Lipinski definition) is 4. The van der Waals surface area contributed by atoms with Gasteiger partial charge in [-0.3, -0.25) is 9.69 Å². The van der Waals surface area contributed by atoms with Gasteiger partial charge in [-0.2, -0.15) is 0 Å². The highest BCUT2D eigenvalue weighted by Crippen LogP contribution is 2.43. The largest absolute Gasteiger partial charge is 0.369 e. The van der Waals surface area contributed by atoms with Crippen molar-refractivity contribution in [2.75, 3.05) is 14.1 Å². The van der Waals surface area contributed by atoms with Crippen molar-refractivity contribution < 1.29 is 10.1 Å². The third kappa shape index (κ3) is 3.75. The Morgan fingerprint density at radius 3 is 2.40 bits per heavy atom. The third-order valence-electron chi connectivity index (χ3n) is 5.92. The zero-order valence-electron chi connectivity index (χ0n) is 18.7. The molecule has 2 atom stereocenters. The van der Waals surface area contributed by atoms with Crippen LogP contribution < -0.4 is 11.1 Å². The van der Waals surface area contributed by atoms with E-state index in [2.05, 4.69) is 32.9 Å². The molecule has 0 saturated carbocycles. The highest BCUT2D eigenvalue weighted by Gasteiger charge is 2.48. The summed E-state index contributed by atoms with van der Waals surface area (Å²) in [4.78, 5) is 19.5. The molecule has 1 aliphatic heterocycles. The van der Waals surface area contributed by atoms with E-state index >= 15 is 0 Å². The predicted octanol–water partition coefficient (Wildman–Crippen LogP) is 2.21. The fourth-order valence-electron chi connectivity index (χ4n) is 3.99. The summed E-state index contributed by atoms with van der Waals surface area (Å²) in [6.45, 7) is 8.42. The van der Waals surface area contributed by atoms with E-state index in [4.69, 9.17) is 16.1 Å². The molecule has 1 amide bonds. The van der Waals surface area contributed by atoms with Crippen molar-refractivity contribution in [1.29, 1.82) is 5.41 Å². The van der Waals surface area contributed by atoms with Crippen molar-refractivity contribution in [2.24, 2.45) is 10.7 Å². The van der Waals surface area contributed by atoms with Crippen LogP contribution in [0.25, 0.3) is 0 Å². The van der Waals surface area contributed by atoms with Gasteiger partial charge in [-0.05, 0) is 41.2 Å². The molecule has 0 bridgehead atoms. The number of guanidine groups is 1. The van der Waals surface area contributed by atoms with Gasteiger partial charge in [0, 0.05) is 7.05 Å². The van der Waals surface area contributed by atoms with Crippen LogP contribution in [0.4, 0.5) is 0 Å². The lowest BCUT2D eigenvalue weighted by molar-refractivity contribution is -0.556. The Hall–Kier alpha value is -2.99. The molecule has 0 spiro atoms. The summed E-state index contributed by atoms with van der Waals surface area (Å²) in [5.74, 6) is -0.442. The molecule has 0 fully saturated rings. The standard InChI is InChI=1S/C24H31N5O/c1-23(2,3)17-10-7-15(8-11-17)20-21(30)29(6)22(26)28-24(20,4)18-12-9-16(14-27-5)19(25)13-18/h7-14,20,25,27H,1-6H3,(H2,26,28)/p+1/b16-14-,25-19?/t20-,24+/m0/s1. The molecule has 1 aromatic carbocycles. The first-order valence-corrected chi connectivity index (χ1v) is 10.2. The number of nitrogens with one attached hydrogen (secondary N) is 1. The molecule has 1 aliphatic carbocycles. The fraction of sp³-hybridized carbons (Fsp3) is 0.375. The van der Waals surface area contributed by atoms with E-state index < -0.39 is 11.5 Å². The second-order valence-electron chi connectivity index (χ2n) is 9.12. The first-order chi connectivity index (χ1) is 14.0. The molecular formula is C24H32N5O+. The number of quaternary nitrogens is 1. The number of likely N-dealkylation sites (N-methyl/N-ethyl adjacent to an activating group) is 1. The van der Waals surface area contributed by atoms with Gasteiger partial charge in [0.05, 0.1) is 24.3 Å². The lowest BCUT2D eigenvalue weighted by Crippen LogP contribution is -2.73. The highest BCUT2D eigenvalue weighted by molar-refractivity contribution is 6.11. The Morgan fingerprint density at radius 1 is 1.23 bits per heavy atom. The smallest absolute Gasteiger partial charge is 0.239 e. The number of aliphatic imine (C=N–C) groups is 1. The SMILES string of the molecule is C[NH2+]/C=C1/C=CC([C@@]2(C)N=C(N)N(C)C(=O)[C@@H]2c2ccc(C(C)(C)C)cc2)=CC1=N. The number of nitrogens with two attached hydrogens (primary N) is 2. The maximum Gasteiger partial charge on any atom is 0.239 e. The maximum atomic E-state index is 13.4. The van der Waals surface area contributed by atoms with E-state index in [0.717, 1.165) is 16.7 Å². The predicted molar refractivity (Wildman–Crippen MR) is 122 cm³/mol. The summed E-state index contributed by atoms with van der Waals surface area (Å²) in [6, 6.07) is 8.19. The monoisotopic (exact) mass is 406 g/mol. The molecule has 0 saturated heterocycles. The summed E-state index contributed by atoms with van der Waals surface area (Å²) in [5, 5.41) is 10.3. The molecule has 0 aromatic heterocycles. The van der Waals surface area contributed by atoms with E-state index in [1.165, 1.54) is 10.5 Å². The van der Waals surface area contributed by atoms with Crippen LogP contribution in [0.2, 0.25) is 0 Å². The van der Waals surface area contributed by atoms with Gasteiger partial charge in [0.15, 0.2) is 5.96 Å². The van der Waals surface area contributed by atoms with E-state index in [-0.39, 0.29) is 17.3 Å². The third-order valence-corrected chi connectivity index (χ3v) is 5.92. The van der Waals surface area contributed by atoms with Crippen LogP contribution in [0, 0.1) is 5.41 Å². The van der Waals surface area contributed by atoms with Crippen LogP contribution in [0.3, 0.4) is 0 Å². The Morgan fingerprint density at radius 2 is 1.87 bits per heavy atom. The number of carbonyl (C=O) groups excluding carboxylic acids is 1. The molecule has 6 heteroatoms. The van der Waals surface area contributed by atoms with Gasteiger partial charge in [-0.15, -0.1) is 0 Å². The van der Waals surface area contributed by atoms with E-state index in [9.17, 15) is 4.79 Å². The zero-order valence-corrected chi connectivity index (χ0v) is 18.7. The highest BCUT2D eigenvalue weighted by atomic mass is 16.2. The van der Waals surface area contributed by atoms with Gasteiger partial charge in [-0.25, -0.2) is 4.99 Å². The summed E-state index contributed by atoms with van der Waals surface area (Å²) in [5.41, 5.74) is 9.36. The maximum absolute atomic E-state index is 13.4. The van der Waals surface area contributed by atoms with Gasteiger partial charge in [0.25, 0.3) is 0 Å². The van der Waals surface area contributed by atoms with Gasteiger partial charge in [0.1, 0.15) is 11.7 Å². The minimum absolute atomic E-state index is 0.0283. The summed E-state index contributed by atoms with van der Waals surface area (Å²) >= 11 is 0. The summed E-state index contributed by atoms with van der Waals surface area (Å²) in [7, 11) is 3.58. The number of rotatable bonds is 3. The van der Waals surface area contributed by atoms with Crippen LogP contribution in [-0.4, -0.2) is 42.1 Å². The van der Waals surface area contributed by atoms with Gasteiger partial charge in [-0.1, -0.05) is 51.1 Å². The molecule has 5 N–H and O–H groups in total. The van der Waals surface area contributed by atoms with Crippen LogP contribution in [0.1, 0.15) is 44.7 Å². The van der Waals surface area contributed by atoms with Crippen molar-refractivity contribution in [2.45, 2.75) is 44.6 Å². The summed E-state index contributed by atoms with van der Waals surface area (Å²) in [6.07, 6.45) is 7.53. The average molecular weight is 407 g/mol. The van der Waals surface area contributed by atoms with Crippen molar-refractivity contribution >= 4 is 17.6 Å². The van der Waals surface area contributed by atoms with E-state index in [1.54, 1.807) is 13.1 Å². The summed E-state index contributed by atoms with van der Waals surface area (Å²) < 4.78 is 0. The van der Waals surface area contributed by atoms with Crippen LogP contribution >= 0.6 is 0 Å². The quantitative estimate of drug-likeness (QED) is 0.717. The number of amides is 1. The molecule has 1 heterocycles. The molecule has 0 radical (unpaired) electrons. The molecule has 3 rings (SSSR count). The Balaban J connectivity index is 2.12. The first-order valence-electron chi connectivity index (χ1n) is 10.2. The number of nitrogens with zero attached hydrogens (tertiary/aromatic N) is 2. The minimum Gasteiger partial charge on any atom is -0.369 e. The Bertz CT molecular complexity index is 991. The Labute approximate surface area is 178 Å². The zero-order chi connectivity index (χ0) is 22.3. The molecule has 6 nitrogen and oxygen atoms in total. The normalized spacial score (nSPS) is 26.1. The molecule has 0 unspecified atom stereocenters. The van der Waals surface area contributed by atoms with E-state index in [0.29, 0.717) is 5.71 Å². The lowest BCUT2D eigenvalue weighted by atomic mass is 9.72. The molecule has 30 heavy (non-hydrogen) atoms. The van der Waals surface area contributed by atoms with Crippen LogP contribution in [-0.2, 0) is 10.2 Å². The van der Waals surface area contributed by atoms with Crippen molar-refractivity contribution in [3.05, 3.63) is 71.0 Å². The Kier molecular flexibility index (Phi) is 5.56. The number of benzene rings is 1. The second-order valence-corrected chi connectivity index (χ2v) is 9.12. The molecule has 2 aliphatic rings. The first kappa shape index (κ1) is 21.7. The number of hydrogen-bond donors (Lipinski definition) is 3. The van der Waals surface area contributed by atoms with E-state index in [1.807, 2.05) is 49.8 Å². The van der Waals surface area contributed by atoms with Crippen molar-refractivity contribution in [3.63, 3.8) is 0 Å².